The molecule has 0 fully saturated rings. The molecule has 0 amide bonds. The molecule has 19 heavy (non-hydrogen) atoms. The fourth-order valence-electron chi connectivity index (χ4n) is 2.12. The Kier molecular flexibility index (Phi) is 3.66. The largest absolute Gasteiger partial charge is 0.478 e. The van der Waals surface area contributed by atoms with Gasteiger partial charge in [0.05, 0.1) is 24.2 Å². The molecule has 0 atom stereocenters. The Labute approximate surface area is 111 Å². The van der Waals surface area contributed by atoms with E-state index in [2.05, 4.69) is 11.2 Å². The molecule has 1 aromatic carbocycles. The van der Waals surface area contributed by atoms with Crippen molar-refractivity contribution in [2.75, 3.05) is 7.11 Å². The van der Waals surface area contributed by atoms with Gasteiger partial charge in [-0.15, -0.1) is 0 Å². The SMILES string of the molecule is COCc1c(C(=O)O)cnn1-c1cc(C)cc(C)c1. The molecule has 0 unspecified atom stereocenters. The lowest BCUT2D eigenvalue weighted by Crippen LogP contribution is -2.08. The van der Waals surface area contributed by atoms with Gasteiger partial charge < -0.3 is 9.84 Å². The molecular weight excluding hydrogens is 244 g/mol. The molecule has 100 valence electrons. The molecule has 5 nitrogen and oxygen atoms in total. The fraction of sp³-hybridized carbons (Fsp3) is 0.286. The van der Waals surface area contributed by atoms with Crippen LogP contribution < -0.4 is 0 Å². The van der Waals surface area contributed by atoms with Crippen LogP contribution in [0.2, 0.25) is 0 Å². The number of carboxylic acid groups (broad SMARTS) is 1. The minimum absolute atomic E-state index is 0.168. The summed E-state index contributed by atoms with van der Waals surface area (Å²) in [5.74, 6) is -0.998. The fourth-order valence-corrected chi connectivity index (χ4v) is 2.12. The number of rotatable bonds is 4. The predicted molar refractivity (Wildman–Crippen MR) is 70.7 cm³/mol. The maximum absolute atomic E-state index is 11.2. The van der Waals surface area contributed by atoms with Crippen LogP contribution in [0.15, 0.2) is 24.4 Å². The quantitative estimate of drug-likeness (QED) is 0.916. The van der Waals surface area contributed by atoms with Crippen LogP contribution in [0, 0.1) is 13.8 Å². The monoisotopic (exact) mass is 260 g/mol. The highest BCUT2D eigenvalue weighted by Crippen LogP contribution is 2.18. The predicted octanol–water partition coefficient (Wildman–Crippen LogP) is 2.33. The van der Waals surface area contributed by atoms with E-state index in [1.54, 1.807) is 4.68 Å². The summed E-state index contributed by atoms with van der Waals surface area (Å²) in [5.41, 5.74) is 3.76. The summed E-state index contributed by atoms with van der Waals surface area (Å²) in [6.45, 7) is 4.19. The van der Waals surface area contributed by atoms with Gasteiger partial charge in [0.1, 0.15) is 5.56 Å². The molecule has 0 saturated heterocycles. The number of methoxy groups -OCH3 is 1. The average Bonchev–Trinajstić information content (AvgIpc) is 2.72. The van der Waals surface area contributed by atoms with Crippen molar-refractivity contribution < 1.29 is 14.6 Å². The topological polar surface area (TPSA) is 64.3 Å². The summed E-state index contributed by atoms with van der Waals surface area (Å²) in [5, 5.41) is 13.3. The maximum Gasteiger partial charge on any atom is 0.339 e. The molecule has 0 aliphatic rings. The normalized spacial score (nSPS) is 10.7. The summed E-state index contributed by atoms with van der Waals surface area (Å²) in [6.07, 6.45) is 1.36. The van der Waals surface area contributed by atoms with E-state index >= 15 is 0 Å². The number of hydrogen-bond donors (Lipinski definition) is 1. The summed E-state index contributed by atoms with van der Waals surface area (Å²) in [4.78, 5) is 11.2. The first-order valence-corrected chi connectivity index (χ1v) is 5.90. The maximum atomic E-state index is 11.2. The van der Waals surface area contributed by atoms with Crippen LogP contribution in [0.4, 0.5) is 0 Å². The average molecular weight is 260 g/mol. The smallest absolute Gasteiger partial charge is 0.339 e. The number of carboxylic acids is 1. The summed E-state index contributed by atoms with van der Waals surface area (Å²) >= 11 is 0. The zero-order chi connectivity index (χ0) is 14.0. The molecule has 0 aliphatic carbocycles. The Morgan fingerprint density at radius 2 is 1.95 bits per heavy atom. The van der Waals surface area contributed by atoms with Gasteiger partial charge in [0.25, 0.3) is 0 Å². The van der Waals surface area contributed by atoms with Gasteiger partial charge in [-0.3, -0.25) is 0 Å². The number of carbonyl (C=O) groups is 1. The van der Waals surface area contributed by atoms with Gasteiger partial charge in [-0.1, -0.05) is 6.07 Å². The van der Waals surface area contributed by atoms with Gasteiger partial charge in [0, 0.05) is 7.11 Å². The van der Waals surface area contributed by atoms with E-state index in [9.17, 15) is 4.79 Å². The molecule has 0 saturated carbocycles. The van der Waals surface area contributed by atoms with Crippen molar-refractivity contribution in [1.82, 2.24) is 9.78 Å². The van der Waals surface area contributed by atoms with Gasteiger partial charge in [0.2, 0.25) is 0 Å². The number of nitrogens with zero attached hydrogens (tertiary/aromatic N) is 2. The number of benzene rings is 1. The second kappa shape index (κ2) is 5.24. The Balaban J connectivity index is 2.58. The van der Waals surface area contributed by atoms with Crippen molar-refractivity contribution in [1.29, 1.82) is 0 Å². The number of aromatic carboxylic acids is 1. The van der Waals surface area contributed by atoms with Gasteiger partial charge in [0.15, 0.2) is 0 Å². The summed E-state index contributed by atoms with van der Waals surface area (Å²) < 4.78 is 6.69. The van der Waals surface area contributed by atoms with Gasteiger partial charge in [-0.25, -0.2) is 9.48 Å². The van der Waals surface area contributed by atoms with Crippen molar-refractivity contribution in [2.24, 2.45) is 0 Å². The molecular formula is C14H16N2O3. The van der Waals surface area contributed by atoms with Crippen LogP contribution in [0.3, 0.4) is 0 Å². The van der Waals surface area contributed by atoms with Gasteiger partial charge >= 0.3 is 5.97 Å². The van der Waals surface area contributed by atoms with Crippen molar-refractivity contribution >= 4 is 5.97 Å². The van der Waals surface area contributed by atoms with Crippen molar-refractivity contribution in [3.8, 4) is 5.69 Å². The van der Waals surface area contributed by atoms with Crippen LogP contribution in [-0.2, 0) is 11.3 Å². The first kappa shape index (κ1) is 13.3. The van der Waals surface area contributed by atoms with E-state index in [0.717, 1.165) is 16.8 Å². The Morgan fingerprint density at radius 1 is 1.32 bits per heavy atom. The van der Waals surface area contributed by atoms with Gasteiger partial charge in [-0.2, -0.15) is 5.10 Å². The van der Waals surface area contributed by atoms with E-state index in [-0.39, 0.29) is 12.2 Å². The third-order valence-corrected chi connectivity index (χ3v) is 2.83. The first-order valence-electron chi connectivity index (χ1n) is 5.90. The molecule has 2 aromatic rings. The molecule has 0 aliphatic heterocycles. The number of aromatic nitrogens is 2. The lowest BCUT2D eigenvalue weighted by atomic mass is 10.1. The molecule has 1 N–H and O–H groups in total. The Bertz CT molecular complexity index is 597. The Hall–Kier alpha value is -2.14. The van der Waals surface area contributed by atoms with Gasteiger partial charge in [-0.05, 0) is 37.1 Å². The number of hydrogen-bond acceptors (Lipinski definition) is 3. The third-order valence-electron chi connectivity index (χ3n) is 2.83. The van der Waals surface area contributed by atoms with Crippen molar-refractivity contribution in [3.63, 3.8) is 0 Å². The highest BCUT2D eigenvalue weighted by molar-refractivity contribution is 5.88. The van der Waals surface area contributed by atoms with Crippen molar-refractivity contribution in [2.45, 2.75) is 20.5 Å². The first-order chi connectivity index (χ1) is 9.02. The van der Waals surface area contributed by atoms with Crippen LogP contribution >= 0.6 is 0 Å². The Morgan fingerprint density at radius 3 is 2.47 bits per heavy atom. The molecule has 0 spiro atoms. The van der Waals surface area contributed by atoms with E-state index in [1.165, 1.54) is 13.3 Å². The summed E-state index contributed by atoms with van der Waals surface area (Å²) in [6, 6.07) is 5.98. The lowest BCUT2D eigenvalue weighted by Gasteiger charge is -2.09. The van der Waals surface area contributed by atoms with Crippen molar-refractivity contribution in [3.05, 3.63) is 46.8 Å². The highest BCUT2D eigenvalue weighted by Gasteiger charge is 2.17. The van der Waals surface area contributed by atoms with E-state index in [1.807, 2.05) is 26.0 Å². The minimum Gasteiger partial charge on any atom is -0.478 e. The second-order valence-corrected chi connectivity index (χ2v) is 4.50. The van der Waals surface area contributed by atoms with Crippen LogP contribution in [0.1, 0.15) is 27.2 Å². The molecule has 2 rings (SSSR count). The highest BCUT2D eigenvalue weighted by atomic mass is 16.5. The van der Waals surface area contributed by atoms with E-state index < -0.39 is 5.97 Å². The van der Waals surface area contributed by atoms with Crippen LogP contribution in [-0.4, -0.2) is 28.0 Å². The van der Waals surface area contributed by atoms with E-state index in [0.29, 0.717) is 5.69 Å². The van der Waals surface area contributed by atoms with Crippen LogP contribution in [0.25, 0.3) is 5.69 Å². The second-order valence-electron chi connectivity index (χ2n) is 4.50. The molecule has 5 heteroatoms. The standard InChI is InChI=1S/C14H16N2O3/c1-9-4-10(2)6-11(5-9)16-13(8-19-3)12(7-15-16)14(17)18/h4-7H,8H2,1-3H3,(H,17,18). The molecule has 1 aromatic heterocycles. The summed E-state index contributed by atoms with van der Waals surface area (Å²) in [7, 11) is 1.53. The zero-order valence-corrected chi connectivity index (χ0v) is 11.2. The minimum atomic E-state index is -0.998. The van der Waals surface area contributed by atoms with Crippen LogP contribution in [0.5, 0.6) is 0 Å². The van der Waals surface area contributed by atoms with E-state index in [4.69, 9.17) is 9.84 Å². The zero-order valence-electron chi connectivity index (χ0n) is 11.2. The number of ether oxygens (including phenoxy) is 1. The molecule has 0 radical (unpaired) electrons. The lowest BCUT2D eigenvalue weighted by molar-refractivity contribution is 0.0691. The third kappa shape index (κ3) is 2.66. The number of aryl methyl sites for hydroxylation is 2. The molecule has 1 heterocycles. The molecule has 0 bridgehead atoms.